The molecular weight excluding hydrogens is 264 g/mol. The van der Waals surface area contributed by atoms with Crippen LogP contribution in [-0.2, 0) is 0 Å². The van der Waals surface area contributed by atoms with Crippen molar-refractivity contribution in [2.75, 3.05) is 39.4 Å². The number of hydrogen-bond acceptors (Lipinski definition) is 5. The maximum Gasteiger partial charge on any atom is 0.108 e. The standard InChI is InChI=1S/C15H26N6/c1-5-19(3)20(4)21-14(9-12-18-21)15(16-2)13-7-6-10-17-11-8-13/h5,9,12-13,17H,1,6-8,10-11H2,2-4H3. The summed E-state index contributed by atoms with van der Waals surface area (Å²) in [5, 5.41) is 11.7. The lowest BCUT2D eigenvalue weighted by molar-refractivity contribution is 0.321. The minimum absolute atomic E-state index is 0.489. The summed E-state index contributed by atoms with van der Waals surface area (Å²) in [6.45, 7) is 5.95. The van der Waals surface area contributed by atoms with Gasteiger partial charge in [-0.3, -0.25) is 10.0 Å². The van der Waals surface area contributed by atoms with Crippen LogP contribution in [0.15, 0.2) is 30.0 Å². The van der Waals surface area contributed by atoms with Gasteiger partial charge >= 0.3 is 0 Å². The fraction of sp³-hybridized carbons (Fsp3) is 0.600. The van der Waals surface area contributed by atoms with Gasteiger partial charge in [0.15, 0.2) is 0 Å². The summed E-state index contributed by atoms with van der Waals surface area (Å²) in [7, 11) is 5.78. The van der Waals surface area contributed by atoms with E-state index in [4.69, 9.17) is 0 Å². The third-order valence-corrected chi connectivity index (χ3v) is 4.08. The molecule has 6 heteroatoms. The van der Waals surface area contributed by atoms with Crippen LogP contribution in [0.25, 0.3) is 0 Å². The molecule has 1 fully saturated rings. The first kappa shape index (κ1) is 15.6. The van der Waals surface area contributed by atoms with E-state index in [0.29, 0.717) is 5.92 Å². The van der Waals surface area contributed by atoms with Crippen LogP contribution in [0.3, 0.4) is 0 Å². The quantitative estimate of drug-likeness (QED) is 0.655. The highest BCUT2D eigenvalue weighted by atomic mass is 15.8. The third-order valence-electron chi connectivity index (χ3n) is 4.08. The van der Waals surface area contributed by atoms with Crippen LogP contribution >= 0.6 is 0 Å². The normalized spacial score (nSPS) is 20.0. The molecule has 6 nitrogen and oxygen atoms in total. The van der Waals surface area contributed by atoms with Gasteiger partial charge in [0.25, 0.3) is 0 Å². The van der Waals surface area contributed by atoms with E-state index in [9.17, 15) is 0 Å². The molecule has 0 aliphatic carbocycles. The largest absolute Gasteiger partial charge is 0.317 e. The Morgan fingerprint density at radius 2 is 2.29 bits per heavy atom. The first-order valence-corrected chi connectivity index (χ1v) is 7.50. The molecule has 1 aliphatic rings. The lowest BCUT2D eigenvalue weighted by Crippen LogP contribution is -2.44. The van der Waals surface area contributed by atoms with Crippen molar-refractivity contribution in [3.8, 4) is 0 Å². The lowest BCUT2D eigenvalue weighted by atomic mass is 9.93. The zero-order valence-corrected chi connectivity index (χ0v) is 13.3. The van der Waals surface area contributed by atoms with Gasteiger partial charge in [0, 0.05) is 33.3 Å². The van der Waals surface area contributed by atoms with E-state index in [1.54, 1.807) is 6.20 Å². The van der Waals surface area contributed by atoms with Gasteiger partial charge in [0.05, 0.1) is 11.9 Å². The molecule has 2 heterocycles. The van der Waals surface area contributed by atoms with Crippen molar-refractivity contribution in [1.82, 2.24) is 20.2 Å². The Hall–Kier alpha value is -1.82. The molecule has 0 aromatic carbocycles. The van der Waals surface area contributed by atoms with E-state index in [1.165, 1.54) is 12.8 Å². The number of rotatable bonds is 5. The van der Waals surface area contributed by atoms with Crippen LogP contribution in [0.4, 0.5) is 0 Å². The predicted octanol–water partition coefficient (Wildman–Crippen LogP) is 1.25. The van der Waals surface area contributed by atoms with Crippen molar-refractivity contribution >= 4 is 5.71 Å². The Morgan fingerprint density at radius 1 is 1.48 bits per heavy atom. The number of nitrogens with zero attached hydrogens (tertiary/aromatic N) is 5. The molecular formula is C15H26N6. The Balaban J connectivity index is 2.27. The molecule has 1 atom stereocenters. The number of hydrogen-bond donors (Lipinski definition) is 1. The molecule has 0 radical (unpaired) electrons. The van der Waals surface area contributed by atoms with E-state index in [1.807, 2.05) is 48.3 Å². The average Bonchev–Trinajstić information content (AvgIpc) is 2.82. The van der Waals surface area contributed by atoms with E-state index < -0.39 is 0 Å². The van der Waals surface area contributed by atoms with Gasteiger partial charge in [-0.05, 0) is 38.4 Å². The summed E-state index contributed by atoms with van der Waals surface area (Å²) >= 11 is 0. The molecule has 1 unspecified atom stereocenters. The molecule has 116 valence electrons. The van der Waals surface area contributed by atoms with Crippen molar-refractivity contribution in [3.63, 3.8) is 0 Å². The minimum Gasteiger partial charge on any atom is -0.317 e. The number of hydrazine groups is 1. The topological polar surface area (TPSA) is 48.7 Å². The molecule has 21 heavy (non-hydrogen) atoms. The summed E-state index contributed by atoms with van der Waals surface area (Å²) in [6.07, 6.45) is 7.07. The first-order valence-electron chi connectivity index (χ1n) is 7.50. The third kappa shape index (κ3) is 3.44. The van der Waals surface area contributed by atoms with Crippen LogP contribution in [0.1, 0.15) is 25.0 Å². The highest BCUT2D eigenvalue weighted by molar-refractivity contribution is 6.00. The molecule has 1 aliphatic heterocycles. The Kier molecular flexibility index (Phi) is 5.38. The molecule has 1 saturated heterocycles. The maximum absolute atomic E-state index is 4.58. The maximum atomic E-state index is 4.58. The van der Waals surface area contributed by atoms with E-state index in [2.05, 4.69) is 22.0 Å². The molecule has 1 aromatic rings. The first-order chi connectivity index (χ1) is 10.2. The highest BCUT2D eigenvalue weighted by Crippen LogP contribution is 2.20. The molecule has 0 bridgehead atoms. The van der Waals surface area contributed by atoms with Crippen molar-refractivity contribution in [1.29, 1.82) is 0 Å². The summed E-state index contributed by atoms with van der Waals surface area (Å²) in [6, 6.07) is 2.04. The van der Waals surface area contributed by atoms with E-state index in [-0.39, 0.29) is 0 Å². The fourth-order valence-corrected chi connectivity index (χ4v) is 2.77. The average molecular weight is 290 g/mol. The summed E-state index contributed by atoms with van der Waals surface area (Å²) < 4.78 is 0. The zero-order valence-electron chi connectivity index (χ0n) is 13.3. The van der Waals surface area contributed by atoms with Crippen molar-refractivity contribution in [2.45, 2.75) is 19.3 Å². The summed E-state index contributed by atoms with van der Waals surface area (Å²) in [5.74, 6) is 0.489. The molecule has 0 spiro atoms. The van der Waals surface area contributed by atoms with Crippen LogP contribution in [0, 0.1) is 5.92 Å². The minimum atomic E-state index is 0.489. The Labute approximate surface area is 127 Å². The van der Waals surface area contributed by atoms with Crippen LogP contribution in [0.5, 0.6) is 0 Å². The predicted molar refractivity (Wildman–Crippen MR) is 87.0 cm³/mol. The molecule has 1 aromatic heterocycles. The number of aromatic nitrogens is 2. The molecule has 0 saturated carbocycles. The Bertz CT molecular complexity index is 484. The highest BCUT2D eigenvalue weighted by Gasteiger charge is 2.23. The molecule has 2 rings (SSSR count). The lowest BCUT2D eigenvalue weighted by Gasteiger charge is -2.30. The monoisotopic (exact) mass is 290 g/mol. The second kappa shape index (κ2) is 7.26. The van der Waals surface area contributed by atoms with Crippen molar-refractivity contribution in [3.05, 3.63) is 30.7 Å². The zero-order chi connectivity index (χ0) is 15.2. The van der Waals surface area contributed by atoms with Crippen LogP contribution in [0.2, 0.25) is 0 Å². The second-order valence-corrected chi connectivity index (χ2v) is 5.34. The van der Waals surface area contributed by atoms with Gasteiger partial charge in [0.2, 0.25) is 0 Å². The van der Waals surface area contributed by atoms with Crippen molar-refractivity contribution < 1.29 is 0 Å². The molecule has 1 N–H and O–H groups in total. The van der Waals surface area contributed by atoms with Gasteiger partial charge in [-0.2, -0.15) is 9.89 Å². The van der Waals surface area contributed by atoms with Gasteiger partial charge in [0.1, 0.15) is 5.69 Å². The summed E-state index contributed by atoms with van der Waals surface area (Å²) in [5.41, 5.74) is 2.20. The fourth-order valence-electron chi connectivity index (χ4n) is 2.77. The number of nitrogens with one attached hydrogen (secondary N) is 1. The van der Waals surface area contributed by atoms with Crippen molar-refractivity contribution in [2.24, 2.45) is 10.9 Å². The smallest absolute Gasteiger partial charge is 0.108 e. The van der Waals surface area contributed by atoms with Crippen LogP contribution in [-0.4, -0.2) is 54.8 Å². The van der Waals surface area contributed by atoms with Gasteiger partial charge < -0.3 is 5.32 Å². The van der Waals surface area contributed by atoms with Crippen LogP contribution < -0.4 is 10.4 Å². The Morgan fingerprint density at radius 3 is 3.00 bits per heavy atom. The molecule has 0 amide bonds. The number of aliphatic imine (C=N–C) groups is 1. The second-order valence-electron chi connectivity index (χ2n) is 5.34. The van der Waals surface area contributed by atoms with Gasteiger partial charge in [-0.1, -0.05) is 6.58 Å². The summed E-state index contributed by atoms with van der Waals surface area (Å²) in [4.78, 5) is 6.46. The van der Waals surface area contributed by atoms with Gasteiger partial charge in [-0.15, -0.1) is 0 Å². The van der Waals surface area contributed by atoms with Gasteiger partial charge in [-0.25, -0.2) is 5.12 Å². The van der Waals surface area contributed by atoms with E-state index in [0.717, 1.165) is 30.9 Å². The SMILES string of the molecule is C=CN(C)N(C)n1nccc1C(=NC)C1CCCNCC1. The van der Waals surface area contributed by atoms with E-state index >= 15 is 0 Å².